The molecule has 0 aromatic rings. The van der Waals surface area contributed by atoms with Crippen LogP contribution in [-0.4, -0.2) is 75.5 Å². The normalized spacial score (nSPS) is 13.4. The summed E-state index contributed by atoms with van der Waals surface area (Å²) in [7, 11) is 5.39. The van der Waals surface area contributed by atoms with Crippen molar-refractivity contribution in [3.05, 3.63) is 36.5 Å². The van der Waals surface area contributed by atoms with Crippen LogP contribution in [0.5, 0.6) is 0 Å². The van der Waals surface area contributed by atoms with Crippen molar-refractivity contribution in [2.24, 2.45) is 0 Å². The molecule has 2 atom stereocenters. The van der Waals surface area contributed by atoms with Gasteiger partial charge < -0.3 is 28.6 Å². The molecule has 0 heterocycles. The fraction of sp³-hybridized carbons (Fsp3) is 0.791. The Morgan fingerprint density at radius 2 is 1.10 bits per heavy atom. The van der Waals surface area contributed by atoms with E-state index in [9.17, 15) is 19.5 Å². The first-order chi connectivity index (χ1) is 24.6. The molecular formula is C43H77NO7. The van der Waals surface area contributed by atoms with Gasteiger partial charge in [-0.25, -0.2) is 0 Å². The van der Waals surface area contributed by atoms with Crippen molar-refractivity contribution >= 4 is 17.9 Å². The molecule has 0 N–H and O–H groups in total. The second-order valence-electron chi connectivity index (χ2n) is 14.8. The van der Waals surface area contributed by atoms with Gasteiger partial charge in [-0.05, 0) is 64.2 Å². The number of hydrogen-bond acceptors (Lipinski definition) is 7. The van der Waals surface area contributed by atoms with Crippen molar-refractivity contribution in [3.63, 3.8) is 0 Å². The largest absolute Gasteiger partial charge is 0.544 e. The third kappa shape index (κ3) is 33.2. The average Bonchev–Trinajstić information content (AvgIpc) is 3.08. The molecule has 0 saturated heterocycles. The van der Waals surface area contributed by atoms with E-state index in [2.05, 4.69) is 50.3 Å². The Morgan fingerprint density at radius 3 is 1.65 bits per heavy atom. The zero-order valence-electron chi connectivity index (χ0n) is 33.5. The second kappa shape index (κ2) is 34.6. The molecule has 51 heavy (non-hydrogen) atoms. The van der Waals surface area contributed by atoms with E-state index in [1.54, 1.807) is 21.1 Å². The molecule has 8 heteroatoms. The van der Waals surface area contributed by atoms with Crippen LogP contribution in [0.4, 0.5) is 0 Å². The highest BCUT2D eigenvalue weighted by atomic mass is 16.6. The lowest BCUT2D eigenvalue weighted by molar-refractivity contribution is -0.889. The Morgan fingerprint density at radius 1 is 0.608 bits per heavy atom. The Bertz CT molecular complexity index is 937. The third-order valence-electron chi connectivity index (χ3n) is 9.01. The summed E-state index contributed by atoms with van der Waals surface area (Å²) < 4.78 is 17.1. The number of rotatable bonds is 36. The van der Waals surface area contributed by atoms with E-state index in [0.717, 1.165) is 70.6 Å². The number of likely N-dealkylation sites (N-methyl/N-ethyl adjacent to an activating group) is 1. The smallest absolute Gasteiger partial charge is 0.306 e. The molecule has 0 rings (SSSR count). The standard InChI is InChI=1S/C43H77NO7/c1-6-8-10-12-14-16-18-20-22-23-25-27-29-31-33-41(45)50-38-39(37-49-36-35-40(43(47)48)44(3,4)5)51-42(46)34-32-30-28-26-24-21-19-17-15-13-11-9-7-2/h8,10,14,16,21,24,39-40H,6-7,9,11-13,15,17-20,22-23,25-38H2,1-5H3/b10-8+,16-14+,24-21+. The number of esters is 2. The fourth-order valence-electron chi connectivity index (χ4n) is 5.81. The summed E-state index contributed by atoms with van der Waals surface area (Å²) in [5.74, 6) is -1.77. The summed E-state index contributed by atoms with van der Waals surface area (Å²) in [4.78, 5) is 36.7. The van der Waals surface area contributed by atoms with Gasteiger partial charge in [0.25, 0.3) is 0 Å². The van der Waals surface area contributed by atoms with Crippen LogP contribution >= 0.6 is 0 Å². The number of aliphatic carboxylic acids is 1. The lowest BCUT2D eigenvalue weighted by Crippen LogP contribution is -2.55. The number of carboxylic acids is 1. The topological polar surface area (TPSA) is 102 Å². The molecule has 0 aliphatic heterocycles. The molecule has 0 aromatic carbocycles. The Balaban J connectivity index is 4.41. The average molecular weight is 720 g/mol. The van der Waals surface area contributed by atoms with E-state index in [1.807, 2.05) is 0 Å². The zero-order valence-corrected chi connectivity index (χ0v) is 33.5. The second-order valence-corrected chi connectivity index (χ2v) is 14.8. The van der Waals surface area contributed by atoms with Gasteiger partial charge in [-0.2, -0.15) is 0 Å². The maximum absolute atomic E-state index is 12.7. The molecule has 0 bridgehead atoms. The van der Waals surface area contributed by atoms with Crippen molar-refractivity contribution in [1.29, 1.82) is 0 Å². The van der Waals surface area contributed by atoms with E-state index in [-0.39, 0.29) is 42.7 Å². The predicted molar refractivity (Wildman–Crippen MR) is 208 cm³/mol. The van der Waals surface area contributed by atoms with Crippen molar-refractivity contribution in [1.82, 2.24) is 0 Å². The molecule has 0 aliphatic rings. The third-order valence-corrected chi connectivity index (χ3v) is 9.01. The first-order valence-corrected chi connectivity index (χ1v) is 20.5. The van der Waals surface area contributed by atoms with Crippen LogP contribution in [-0.2, 0) is 28.6 Å². The molecule has 0 amide bonds. The molecule has 0 fully saturated rings. The SMILES string of the molecule is CC/C=C/C/C=C/CCCCCCCCCC(=O)OCC(COCCC(C(=O)[O-])[N+](C)(C)C)OC(=O)CCCCC/C=C/CCCCCCCC. The highest BCUT2D eigenvalue weighted by Crippen LogP contribution is 2.13. The highest BCUT2D eigenvalue weighted by molar-refractivity contribution is 5.70. The first-order valence-electron chi connectivity index (χ1n) is 20.5. The Labute approximate surface area is 313 Å². The van der Waals surface area contributed by atoms with Gasteiger partial charge in [-0.15, -0.1) is 0 Å². The summed E-state index contributed by atoms with van der Waals surface area (Å²) in [6.07, 6.45) is 37.4. The minimum atomic E-state index is -1.13. The summed E-state index contributed by atoms with van der Waals surface area (Å²) >= 11 is 0. The monoisotopic (exact) mass is 720 g/mol. The van der Waals surface area contributed by atoms with Gasteiger partial charge in [0, 0.05) is 19.3 Å². The van der Waals surface area contributed by atoms with E-state index < -0.39 is 18.1 Å². The van der Waals surface area contributed by atoms with Crippen molar-refractivity contribution in [3.8, 4) is 0 Å². The number of allylic oxidation sites excluding steroid dienone is 6. The van der Waals surface area contributed by atoms with Gasteiger partial charge in [0.05, 0.1) is 40.3 Å². The zero-order chi connectivity index (χ0) is 37.8. The molecule has 0 radical (unpaired) electrons. The number of carbonyl (C=O) groups excluding carboxylic acids is 3. The number of unbranched alkanes of at least 4 members (excludes halogenated alkanes) is 16. The van der Waals surface area contributed by atoms with Crippen LogP contribution in [0.3, 0.4) is 0 Å². The maximum atomic E-state index is 12.7. The van der Waals surface area contributed by atoms with Crippen molar-refractivity contribution in [2.45, 2.75) is 180 Å². The van der Waals surface area contributed by atoms with Crippen LogP contribution < -0.4 is 5.11 Å². The maximum Gasteiger partial charge on any atom is 0.306 e. The number of hydrogen-bond donors (Lipinski definition) is 0. The molecule has 0 aromatic heterocycles. The first kappa shape index (κ1) is 48.5. The van der Waals surface area contributed by atoms with Crippen LogP contribution in [0.25, 0.3) is 0 Å². The number of nitrogens with zero attached hydrogens (tertiary/aromatic N) is 1. The van der Waals surface area contributed by atoms with Gasteiger partial charge in [0.2, 0.25) is 0 Å². The van der Waals surface area contributed by atoms with Gasteiger partial charge in [-0.1, -0.05) is 121 Å². The van der Waals surface area contributed by atoms with Crippen molar-refractivity contribution in [2.75, 3.05) is 41.0 Å². The number of carbonyl (C=O) groups is 3. The molecular weight excluding hydrogens is 642 g/mol. The molecule has 2 unspecified atom stereocenters. The van der Waals surface area contributed by atoms with Crippen LogP contribution in [0.2, 0.25) is 0 Å². The van der Waals surface area contributed by atoms with Crippen LogP contribution in [0.1, 0.15) is 168 Å². The van der Waals surface area contributed by atoms with E-state index in [0.29, 0.717) is 12.8 Å². The number of quaternary nitrogens is 1. The summed E-state index contributed by atoms with van der Waals surface area (Å²) in [6.45, 7) is 4.51. The van der Waals surface area contributed by atoms with E-state index >= 15 is 0 Å². The number of carboxylic acid groups (broad SMARTS) is 1. The summed E-state index contributed by atoms with van der Waals surface area (Å²) in [6, 6.07) is -0.727. The van der Waals surface area contributed by atoms with Crippen LogP contribution in [0, 0.1) is 0 Å². The molecule has 0 spiro atoms. The van der Waals surface area contributed by atoms with Gasteiger partial charge in [0.15, 0.2) is 6.10 Å². The van der Waals surface area contributed by atoms with E-state index in [1.165, 1.54) is 64.2 Å². The Kier molecular flexibility index (Phi) is 33.0. The lowest BCUT2D eigenvalue weighted by Gasteiger charge is -2.34. The fourth-order valence-corrected chi connectivity index (χ4v) is 5.81. The summed E-state index contributed by atoms with van der Waals surface area (Å²) in [5.41, 5.74) is 0. The summed E-state index contributed by atoms with van der Waals surface area (Å²) in [5, 5.41) is 11.6. The van der Waals surface area contributed by atoms with Gasteiger partial charge in [0.1, 0.15) is 12.6 Å². The predicted octanol–water partition coefficient (Wildman–Crippen LogP) is 9.35. The number of ether oxygens (including phenoxy) is 3. The molecule has 8 nitrogen and oxygen atoms in total. The highest BCUT2D eigenvalue weighted by Gasteiger charge is 2.25. The quantitative estimate of drug-likeness (QED) is 0.0275. The van der Waals surface area contributed by atoms with Crippen molar-refractivity contribution < 1.29 is 38.2 Å². The lowest BCUT2D eigenvalue weighted by atomic mass is 10.1. The van der Waals surface area contributed by atoms with Gasteiger partial charge >= 0.3 is 11.9 Å². The Hall–Kier alpha value is -2.45. The molecule has 0 saturated carbocycles. The van der Waals surface area contributed by atoms with Crippen LogP contribution in [0.15, 0.2) is 36.5 Å². The van der Waals surface area contributed by atoms with E-state index in [4.69, 9.17) is 14.2 Å². The minimum absolute atomic E-state index is 0.0328. The minimum Gasteiger partial charge on any atom is -0.544 e. The molecule has 0 aliphatic carbocycles. The van der Waals surface area contributed by atoms with Gasteiger partial charge in [-0.3, -0.25) is 9.59 Å². The molecule has 296 valence electrons.